The van der Waals surface area contributed by atoms with Gasteiger partial charge >= 0.3 is 0 Å². The van der Waals surface area contributed by atoms with E-state index in [0.29, 0.717) is 5.41 Å². The lowest BCUT2D eigenvalue weighted by atomic mass is 9.65. The highest BCUT2D eigenvalue weighted by molar-refractivity contribution is 5.01. The third kappa shape index (κ3) is 3.03. The smallest absolute Gasteiger partial charge is 0.0489 e. The molecule has 2 saturated heterocycles. The molecule has 1 aliphatic carbocycles. The van der Waals surface area contributed by atoms with Gasteiger partial charge in [0.25, 0.3) is 0 Å². The Morgan fingerprint density at radius 2 is 1.47 bits per heavy atom. The van der Waals surface area contributed by atoms with Crippen molar-refractivity contribution in [1.82, 2.24) is 10.2 Å². The molecule has 3 fully saturated rings. The van der Waals surface area contributed by atoms with Gasteiger partial charge in [-0.25, -0.2) is 0 Å². The number of fused-ring (bicyclic) bond motifs is 2. The number of hydrogen-bond acceptors (Lipinski definition) is 2. The SMILES string of the molecule is CC(C)(C)NCN1C2CC1CC(C(C)(C)C)C2. The van der Waals surface area contributed by atoms with Crippen molar-refractivity contribution in [3.8, 4) is 0 Å². The Labute approximate surface area is 107 Å². The molecule has 0 spiro atoms. The first-order valence-corrected chi connectivity index (χ1v) is 7.17. The molecule has 0 aromatic rings. The molecule has 3 aliphatic rings. The molecule has 2 aliphatic heterocycles. The molecule has 2 heteroatoms. The summed E-state index contributed by atoms with van der Waals surface area (Å²) in [7, 11) is 0. The van der Waals surface area contributed by atoms with E-state index in [0.717, 1.165) is 24.7 Å². The van der Waals surface area contributed by atoms with E-state index in [2.05, 4.69) is 51.8 Å². The molecule has 0 amide bonds. The second-order valence-electron chi connectivity index (χ2n) is 8.18. The van der Waals surface area contributed by atoms with E-state index >= 15 is 0 Å². The van der Waals surface area contributed by atoms with Crippen LogP contribution in [0.25, 0.3) is 0 Å². The third-order valence-electron chi connectivity index (χ3n) is 4.61. The normalized spacial score (nSPS) is 34.6. The molecule has 2 unspecified atom stereocenters. The molecule has 1 saturated carbocycles. The van der Waals surface area contributed by atoms with Crippen LogP contribution in [0.5, 0.6) is 0 Å². The van der Waals surface area contributed by atoms with Crippen LogP contribution in [0, 0.1) is 11.3 Å². The second kappa shape index (κ2) is 4.24. The fourth-order valence-corrected chi connectivity index (χ4v) is 3.26. The first-order valence-electron chi connectivity index (χ1n) is 7.17. The Morgan fingerprint density at radius 3 is 1.88 bits per heavy atom. The summed E-state index contributed by atoms with van der Waals surface area (Å²) < 4.78 is 0. The van der Waals surface area contributed by atoms with Gasteiger partial charge in [-0.05, 0) is 51.4 Å². The van der Waals surface area contributed by atoms with Crippen LogP contribution in [0.15, 0.2) is 0 Å². The molecule has 2 bridgehead atoms. The Balaban J connectivity index is 1.84. The van der Waals surface area contributed by atoms with E-state index in [-0.39, 0.29) is 5.54 Å². The van der Waals surface area contributed by atoms with Crippen LogP contribution in [0.2, 0.25) is 0 Å². The molecule has 0 aromatic heterocycles. The van der Waals surface area contributed by atoms with Gasteiger partial charge in [-0.2, -0.15) is 0 Å². The highest BCUT2D eigenvalue weighted by Crippen LogP contribution is 2.47. The van der Waals surface area contributed by atoms with Gasteiger partial charge in [0.1, 0.15) is 0 Å². The Morgan fingerprint density at radius 1 is 0.941 bits per heavy atom. The molecule has 1 N–H and O–H groups in total. The van der Waals surface area contributed by atoms with E-state index in [9.17, 15) is 0 Å². The van der Waals surface area contributed by atoms with Crippen molar-refractivity contribution < 1.29 is 0 Å². The average molecular weight is 238 g/mol. The van der Waals surface area contributed by atoms with Gasteiger partial charge in [0, 0.05) is 24.3 Å². The van der Waals surface area contributed by atoms with Crippen LogP contribution in [-0.2, 0) is 0 Å². The predicted molar refractivity (Wildman–Crippen MR) is 74.0 cm³/mol. The zero-order valence-corrected chi connectivity index (χ0v) is 12.5. The number of nitrogens with zero attached hydrogens (tertiary/aromatic N) is 1. The summed E-state index contributed by atoms with van der Waals surface area (Å²) in [6.45, 7) is 15.0. The highest BCUT2D eigenvalue weighted by Gasteiger charge is 2.47. The minimum absolute atomic E-state index is 0.243. The molecule has 2 atom stereocenters. The Kier molecular flexibility index (Phi) is 3.33. The zero-order valence-electron chi connectivity index (χ0n) is 12.5. The predicted octanol–water partition coefficient (Wildman–Crippen LogP) is 3.23. The van der Waals surface area contributed by atoms with Crippen molar-refractivity contribution in [2.75, 3.05) is 6.67 Å². The van der Waals surface area contributed by atoms with E-state index in [1.54, 1.807) is 0 Å². The molecule has 0 radical (unpaired) electrons. The molecular weight excluding hydrogens is 208 g/mol. The monoisotopic (exact) mass is 238 g/mol. The lowest BCUT2D eigenvalue weighted by Gasteiger charge is -2.58. The van der Waals surface area contributed by atoms with Crippen molar-refractivity contribution in [3.05, 3.63) is 0 Å². The summed E-state index contributed by atoms with van der Waals surface area (Å²) in [4.78, 5) is 2.69. The average Bonchev–Trinajstić information content (AvgIpc) is 2.14. The summed E-state index contributed by atoms with van der Waals surface area (Å²) in [6, 6.07) is 1.71. The van der Waals surface area contributed by atoms with E-state index in [1.807, 2.05) is 0 Å². The van der Waals surface area contributed by atoms with E-state index < -0.39 is 0 Å². The Hall–Kier alpha value is -0.0800. The molecule has 100 valence electrons. The maximum Gasteiger partial charge on any atom is 0.0489 e. The maximum atomic E-state index is 3.63. The number of piperidine rings is 1. The van der Waals surface area contributed by atoms with Crippen LogP contribution in [0.1, 0.15) is 60.8 Å². The second-order valence-corrected chi connectivity index (χ2v) is 8.18. The van der Waals surface area contributed by atoms with E-state index in [4.69, 9.17) is 0 Å². The van der Waals surface area contributed by atoms with Crippen LogP contribution < -0.4 is 5.32 Å². The Bertz CT molecular complexity index is 260. The number of nitrogens with one attached hydrogen (secondary N) is 1. The fraction of sp³-hybridized carbons (Fsp3) is 1.00. The van der Waals surface area contributed by atoms with Gasteiger partial charge in [-0.1, -0.05) is 20.8 Å². The molecule has 0 aromatic carbocycles. The molecule has 17 heavy (non-hydrogen) atoms. The first-order chi connectivity index (χ1) is 7.67. The van der Waals surface area contributed by atoms with Crippen LogP contribution in [0.4, 0.5) is 0 Å². The summed E-state index contributed by atoms with van der Waals surface area (Å²) in [6.07, 6.45) is 4.26. The van der Waals surface area contributed by atoms with Crippen molar-refractivity contribution in [3.63, 3.8) is 0 Å². The van der Waals surface area contributed by atoms with E-state index in [1.165, 1.54) is 19.3 Å². The lowest BCUT2D eigenvalue weighted by Crippen LogP contribution is -2.65. The minimum atomic E-state index is 0.243. The first kappa shape index (κ1) is 13.4. The van der Waals surface area contributed by atoms with Crippen LogP contribution in [-0.4, -0.2) is 29.2 Å². The van der Waals surface area contributed by atoms with Crippen molar-refractivity contribution in [2.45, 2.75) is 78.4 Å². The highest BCUT2D eigenvalue weighted by atomic mass is 15.3. The number of hydrogen-bond donors (Lipinski definition) is 1. The molecular formula is C15H30N2. The standard InChI is InChI=1S/C15H30N2/c1-14(2,3)11-7-12-9-13(8-11)17(12)10-16-15(4,5)6/h11-13,16H,7-10H2,1-6H3. The summed E-state index contributed by atoms with van der Waals surface area (Å²) in [5.41, 5.74) is 0.744. The topological polar surface area (TPSA) is 15.3 Å². The third-order valence-corrected chi connectivity index (χ3v) is 4.61. The molecule has 3 rings (SSSR count). The zero-order chi connectivity index (χ0) is 12.8. The lowest BCUT2D eigenvalue weighted by molar-refractivity contribution is -0.0817. The summed E-state index contributed by atoms with van der Waals surface area (Å²) >= 11 is 0. The van der Waals surface area contributed by atoms with Crippen molar-refractivity contribution in [1.29, 1.82) is 0 Å². The van der Waals surface area contributed by atoms with Gasteiger partial charge in [0.2, 0.25) is 0 Å². The van der Waals surface area contributed by atoms with Gasteiger partial charge in [0.05, 0.1) is 0 Å². The number of rotatable bonds is 2. The fourth-order valence-electron chi connectivity index (χ4n) is 3.26. The summed E-state index contributed by atoms with van der Waals surface area (Å²) in [5, 5.41) is 3.63. The van der Waals surface area contributed by atoms with Gasteiger partial charge in [-0.15, -0.1) is 0 Å². The van der Waals surface area contributed by atoms with Crippen molar-refractivity contribution >= 4 is 0 Å². The van der Waals surface area contributed by atoms with Crippen LogP contribution in [0.3, 0.4) is 0 Å². The van der Waals surface area contributed by atoms with Crippen LogP contribution >= 0.6 is 0 Å². The summed E-state index contributed by atoms with van der Waals surface area (Å²) in [5.74, 6) is 0.928. The quantitative estimate of drug-likeness (QED) is 0.794. The van der Waals surface area contributed by atoms with Gasteiger partial charge in [-0.3, -0.25) is 10.2 Å². The van der Waals surface area contributed by atoms with Gasteiger partial charge < -0.3 is 0 Å². The maximum absolute atomic E-state index is 3.63. The molecule has 2 heterocycles. The minimum Gasteiger partial charge on any atom is -0.300 e. The van der Waals surface area contributed by atoms with Crippen molar-refractivity contribution in [2.24, 2.45) is 11.3 Å². The largest absolute Gasteiger partial charge is 0.300 e. The molecule has 2 nitrogen and oxygen atoms in total. The van der Waals surface area contributed by atoms with Gasteiger partial charge in [0.15, 0.2) is 0 Å².